The lowest BCUT2D eigenvalue weighted by Crippen LogP contribution is -2.36. The minimum absolute atomic E-state index is 0.0684. The molecule has 0 atom stereocenters. The summed E-state index contributed by atoms with van der Waals surface area (Å²) in [6, 6.07) is 7.78. The van der Waals surface area contributed by atoms with E-state index in [1.54, 1.807) is 19.1 Å². The van der Waals surface area contributed by atoms with Gasteiger partial charge in [0.05, 0.1) is 0 Å². The van der Waals surface area contributed by atoms with Gasteiger partial charge in [-0.25, -0.2) is 5.01 Å². The standard InChI is InChI=1S/C13H20N2O/c1-10(2)9-11-5-7-12(8-6-11)13(16)14-15(3)4/h5-8,10H,9H2,1-4H3,(H,14,16). The molecule has 0 unspecified atom stereocenters. The van der Waals surface area contributed by atoms with Gasteiger partial charge >= 0.3 is 0 Å². The topological polar surface area (TPSA) is 32.3 Å². The van der Waals surface area contributed by atoms with Gasteiger partial charge in [0.15, 0.2) is 0 Å². The van der Waals surface area contributed by atoms with Crippen molar-refractivity contribution in [2.45, 2.75) is 20.3 Å². The highest BCUT2D eigenvalue weighted by Gasteiger charge is 2.05. The average Bonchev–Trinajstić information content (AvgIpc) is 2.16. The van der Waals surface area contributed by atoms with Crippen LogP contribution < -0.4 is 5.43 Å². The SMILES string of the molecule is CC(C)Cc1ccc(C(=O)NN(C)C)cc1. The van der Waals surface area contributed by atoms with Crippen LogP contribution in [0.4, 0.5) is 0 Å². The van der Waals surface area contributed by atoms with Crippen molar-refractivity contribution in [2.24, 2.45) is 5.92 Å². The van der Waals surface area contributed by atoms with E-state index >= 15 is 0 Å². The van der Waals surface area contributed by atoms with Crippen LogP contribution in [-0.2, 0) is 6.42 Å². The molecular formula is C13H20N2O. The number of amides is 1. The second-order valence-corrected chi connectivity index (χ2v) is 4.63. The van der Waals surface area contributed by atoms with E-state index in [9.17, 15) is 4.79 Å². The Morgan fingerprint density at radius 3 is 2.25 bits per heavy atom. The number of hydrogen-bond donors (Lipinski definition) is 1. The molecule has 1 N–H and O–H groups in total. The van der Waals surface area contributed by atoms with Crippen LogP contribution in [0.5, 0.6) is 0 Å². The van der Waals surface area contributed by atoms with E-state index in [1.807, 2.05) is 24.3 Å². The second-order valence-electron chi connectivity index (χ2n) is 4.63. The molecule has 0 aliphatic rings. The van der Waals surface area contributed by atoms with Crippen molar-refractivity contribution in [3.05, 3.63) is 35.4 Å². The lowest BCUT2D eigenvalue weighted by Gasteiger charge is -2.12. The van der Waals surface area contributed by atoms with Crippen LogP contribution in [0.2, 0.25) is 0 Å². The van der Waals surface area contributed by atoms with Crippen molar-refractivity contribution in [3.63, 3.8) is 0 Å². The molecule has 0 aliphatic heterocycles. The second kappa shape index (κ2) is 5.66. The molecule has 3 heteroatoms. The zero-order chi connectivity index (χ0) is 12.1. The summed E-state index contributed by atoms with van der Waals surface area (Å²) in [5.41, 5.74) is 4.68. The largest absolute Gasteiger partial charge is 0.285 e. The summed E-state index contributed by atoms with van der Waals surface area (Å²) in [7, 11) is 3.59. The first kappa shape index (κ1) is 12.7. The Morgan fingerprint density at radius 2 is 1.81 bits per heavy atom. The smallest absolute Gasteiger partial charge is 0.265 e. The fourth-order valence-electron chi connectivity index (χ4n) is 1.53. The molecule has 16 heavy (non-hydrogen) atoms. The van der Waals surface area contributed by atoms with Crippen molar-refractivity contribution in [1.29, 1.82) is 0 Å². The number of carbonyl (C=O) groups is 1. The molecule has 0 aromatic heterocycles. The third kappa shape index (κ3) is 4.03. The normalized spacial score (nSPS) is 10.9. The minimum Gasteiger partial charge on any atom is -0.285 e. The summed E-state index contributed by atoms with van der Waals surface area (Å²) in [6.45, 7) is 4.37. The molecule has 0 radical (unpaired) electrons. The van der Waals surface area contributed by atoms with Crippen LogP contribution >= 0.6 is 0 Å². The van der Waals surface area contributed by atoms with E-state index in [2.05, 4.69) is 19.3 Å². The van der Waals surface area contributed by atoms with E-state index in [0.717, 1.165) is 6.42 Å². The van der Waals surface area contributed by atoms with Gasteiger partial charge in [-0.15, -0.1) is 0 Å². The molecule has 0 aliphatic carbocycles. The van der Waals surface area contributed by atoms with E-state index in [0.29, 0.717) is 11.5 Å². The van der Waals surface area contributed by atoms with Crippen LogP contribution in [0.15, 0.2) is 24.3 Å². The molecule has 1 amide bonds. The van der Waals surface area contributed by atoms with Gasteiger partial charge < -0.3 is 0 Å². The lowest BCUT2D eigenvalue weighted by molar-refractivity contribution is 0.0857. The van der Waals surface area contributed by atoms with Crippen LogP contribution in [0.1, 0.15) is 29.8 Å². The Labute approximate surface area is 97.4 Å². The van der Waals surface area contributed by atoms with Gasteiger partial charge in [-0.05, 0) is 30.0 Å². The highest BCUT2D eigenvalue weighted by molar-refractivity contribution is 5.93. The maximum absolute atomic E-state index is 11.6. The van der Waals surface area contributed by atoms with E-state index in [4.69, 9.17) is 0 Å². The molecule has 0 heterocycles. The molecule has 0 bridgehead atoms. The third-order valence-electron chi connectivity index (χ3n) is 2.19. The lowest BCUT2D eigenvalue weighted by atomic mass is 10.0. The van der Waals surface area contributed by atoms with Gasteiger partial charge in [0.2, 0.25) is 0 Å². The molecular weight excluding hydrogens is 200 g/mol. The zero-order valence-electron chi connectivity index (χ0n) is 10.4. The maximum atomic E-state index is 11.6. The number of benzene rings is 1. The van der Waals surface area contributed by atoms with Gasteiger partial charge in [0, 0.05) is 19.7 Å². The predicted octanol–water partition coefficient (Wildman–Crippen LogP) is 2.09. The third-order valence-corrected chi connectivity index (χ3v) is 2.19. The molecule has 0 saturated heterocycles. The van der Waals surface area contributed by atoms with Gasteiger partial charge in [-0.3, -0.25) is 10.2 Å². The van der Waals surface area contributed by atoms with E-state index in [-0.39, 0.29) is 5.91 Å². The Balaban J connectivity index is 2.67. The molecule has 1 rings (SSSR count). The van der Waals surface area contributed by atoms with Crippen molar-refractivity contribution in [1.82, 2.24) is 10.4 Å². The van der Waals surface area contributed by atoms with Crippen LogP contribution in [0, 0.1) is 5.92 Å². The summed E-state index contributed by atoms with van der Waals surface area (Å²) < 4.78 is 0. The Kier molecular flexibility index (Phi) is 4.50. The number of nitrogens with one attached hydrogen (secondary N) is 1. The predicted molar refractivity (Wildman–Crippen MR) is 66.1 cm³/mol. The van der Waals surface area contributed by atoms with Gasteiger partial charge in [0.25, 0.3) is 5.91 Å². The highest BCUT2D eigenvalue weighted by atomic mass is 16.2. The summed E-state index contributed by atoms with van der Waals surface area (Å²) in [4.78, 5) is 11.6. The molecule has 1 aromatic carbocycles. The number of hydrogen-bond acceptors (Lipinski definition) is 2. The van der Waals surface area contributed by atoms with Crippen LogP contribution in [-0.4, -0.2) is 25.0 Å². The highest BCUT2D eigenvalue weighted by Crippen LogP contribution is 2.09. The first-order valence-corrected chi connectivity index (χ1v) is 5.56. The molecule has 0 spiro atoms. The molecule has 3 nitrogen and oxygen atoms in total. The Hall–Kier alpha value is -1.35. The van der Waals surface area contributed by atoms with Crippen LogP contribution in [0.3, 0.4) is 0 Å². The molecule has 0 saturated carbocycles. The fraction of sp³-hybridized carbons (Fsp3) is 0.462. The average molecular weight is 220 g/mol. The fourth-order valence-corrected chi connectivity index (χ4v) is 1.53. The van der Waals surface area contributed by atoms with Crippen molar-refractivity contribution in [2.75, 3.05) is 14.1 Å². The number of rotatable bonds is 4. The molecule has 88 valence electrons. The molecule has 0 fully saturated rings. The van der Waals surface area contributed by atoms with Crippen molar-refractivity contribution >= 4 is 5.91 Å². The van der Waals surface area contributed by atoms with Crippen molar-refractivity contribution in [3.8, 4) is 0 Å². The van der Waals surface area contributed by atoms with Gasteiger partial charge in [-0.2, -0.15) is 0 Å². The van der Waals surface area contributed by atoms with Crippen LogP contribution in [0.25, 0.3) is 0 Å². The summed E-state index contributed by atoms with van der Waals surface area (Å²) >= 11 is 0. The van der Waals surface area contributed by atoms with Gasteiger partial charge in [0.1, 0.15) is 0 Å². The maximum Gasteiger partial charge on any atom is 0.265 e. The number of hydrazine groups is 1. The summed E-state index contributed by atoms with van der Waals surface area (Å²) in [6.07, 6.45) is 1.05. The minimum atomic E-state index is -0.0684. The van der Waals surface area contributed by atoms with E-state index in [1.165, 1.54) is 5.56 Å². The molecule has 1 aromatic rings. The first-order chi connectivity index (χ1) is 7.49. The quantitative estimate of drug-likeness (QED) is 0.788. The first-order valence-electron chi connectivity index (χ1n) is 5.56. The Bertz CT molecular complexity index is 341. The summed E-state index contributed by atoms with van der Waals surface area (Å²) in [5.74, 6) is 0.572. The monoisotopic (exact) mass is 220 g/mol. The van der Waals surface area contributed by atoms with E-state index < -0.39 is 0 Å². The Morgan fingerprint density at radius 1 is 1.25 bits per heavy atom. The zero-order valence-corrected chi connectivity index (χ0v) is 10.4. The van der Waals surface area contributed by atoms with Gasteiger partial charge in [-0.1, -0.05) is 26.0 Å². The van der Waals surface area contributed by atoms with Crippen molar-refractivity contribution < 1.29 is 4.79 Å². The number of nitrogens with zero attached hydrogens (tertiary/aromatic N) is 1. The summed E-state index contributed by atoms with van der Waals surface area (Å²) in [5, 5.41) is 1.64. The number of carbonyl (C=O) groups excluding carboxylic acids is 1.